The zero-order valence-corrected chi connectivity index (χ0v) is 8.06. The molecule has 0 spiro atoms. The normalized spacial score (nSPS) is 10.9. The lowest BCUT2D eigenvalue weighted by Crippen LogP contribution is -1.85. The molecular weight excluding hydrogens is 186 g/mol. The third-order valence-electron chi connectivity index (χ3n) is 1.94. The second kappa shape index (κ2) is 3.40. The molecular formula is C10H10ClNO. The molecule has 1 aromatic carbocycles. The van der Waals surface area contributed by atoms with Gasteiger partial charge in [-0.2, -0.15) is 0 Å². The molecule has 1 N–H and O–H groups in total. The fourth-order valence-corrected chi connectivity index (χ4v) is 1.56. The number of ether oxygens (including phenoxy) is 1. The summed E-state index contributed by atoms with van der Waals surface area (Å²) in [6.07, 6.45) is 0. The maximum absolute atomic E-state index is 5.85. The van der Waals surface area contributed by atoms with Crippen molar-refractivity contribution in [3.8, 4) is 0 Å². The Morgan fingerprint density at radius 1 is 1.38 bits per heavy atom. The molecule has 3 heteroatoms. The lowest BCUT2D eigenvalue weighted by Gasteiger charge is -1.91. The minimum atomic E-state index is 0.603. The molecule has 0 aliphatic carbocycles. The summed E-state index contributed by atoms with van der Waals surface area (Å²) in [5.41, 5.74) is 2.12. The van der Waals surface area contributed by atoms with Crippen LogP contribution in [0.4, 0.5) is 0 Å². The SMILES string of the molecule is COCc1cc2ccc(Cl)cc2[nH]1. The van der Waals surface area contributed by atoms with Crippen LogP contribution >= 0.6 is 11.6 Å². The summed E-state index contributed by atoms with van der Waals surface area (Å²) in [7, 11) is 1.68. The zero-order chi connectivity index (χ0) is 9.26. The van der Waals surface area contributed by atoms with Gasteiger partial charge < -0.3 is 9.72 Å². The molecule has 13 heavy (non-hydrogen) atoms. The van der Waals surface area contributed by atoms with Gasteiger partial charge in [-0.15, -0.1) is 0 Å². The number of halogens is 1. The number of hydrogen-bond donors (Lipinski definition) is 1. The number of nitrogens with one attached hydrogen (secondary N) is 1. The van der Waals surface area contributed by atoms with Crippen LogP contribution in [-0.2, 0) is 11.3 Å². The molecule has 0 saturated heterocycles. The first-order valence-electron chi connectivity index (χ1n) is 4.05. The minimum absolute atomic E-state index is 0.603. The highest BCUT2D eigenvalue weighted by molar-refractivity contribution is 6.31. The van der Waals surface area contributed by atoms with E-state index in [9.17, 15) is 0 Å². The molecule has 0 unspecified atom stereocenters. The monoisotopic (exact) mass is 195 g/mol. The number of benzene rings is 1. The van der Waals surface area contributed by atoms with Crippen LogP contribution in [0.25, 0.3) is 10.9 Å². The Hall–Kier alpha value is -0.990. The molecule has 2 rings (SSSR count). The molecule has 0 amide bonds. The van der Waals surface area contributed by atoms with Crippen molar-refractivity contribution in [2.24, 2.45) is 0 Å². The zero-order valence-electron chi connectivity index (χ0n) is 7.30. The number of H-pyrrole nitrogens is 1. The summed E-state index contributed by atoms with van der Waals surface area (Å²) >= 11 is 5.85. The van der Waals surface area contributed by atoms with Crippen LogP contribution in [0.2, 0.25) is 5.02 Å². The maximum atomic E-state index is 5.85. The number of aromatic amines is 1. The van der Waals surface area contributed by atoms with Gasteiger partial charge in [0.1, 0.15) is 0 Å². The van der Waals surface area contributed by atoms with Crippen LogP contribution in [0.1, 0.15) is 5.69 Å². The molecule has 1 aromatic heterocycles. The Labute approximate surface area is 81.5 Å². The molecule has 0 bridgehead atoms. The Kier molecular flexibility index (Phi) is 2.25. The van der Waals surface area contributed by atoms with E-state index in [1.807, 2.05) is 18.2 Å². The minimum Gasteiger partial charge on any atom is -0.378 e. The lowest BCUT2D eigenvalue weighted by atomic mass is 10.2. The third-order valence-corrected chi connectivity index (χ3v) is 2.18. The van der Waals surface area contributed by atoms with E-state index in [0.717, 1.165) is 21.6 Å². The Balaban J connectivity index is 2.49. The van der Waals surface area contributed by atoms with Gasteiger partial charge in [-0.1, -0.05) is 17.7 Å². The van der Waals surface area contributed by atoms with Crippen LogP contribution < -0.4 is 0 Å². The molecule has 0 radical (unpaired) electrons. The summed E-state index contributed by atoms with van der Waals surface area (Å²) in [5, 5.41) is 1.91. The first-order chi connectivity index (χ1) is 6.29. The number of hydrogen-bond acceptors (Lipinski definition) is 1. The fourth-order valence-electron chi connectivity index (χ4n) is 1.39. The lowest BCUT2D eigenvalue weighted by molar-refractivity contribution is 0.182. The second-order valence-electron chi connectivity index (χ2n) is 2.96. The predicted octanol–water partition coefficient (Wildman–Crippen LogP) is 2.97. The van der Waals surface area contributed by atoms with Gasteiger partial charge in [0.15, 0.2) is 0 Å². The van der Waals surface area contributed by atoms with E-state index in [1.54, 1.807) is 7.11 Å². The van der Waals surface area contributed by atoms with Gasteiger partial charge in [0.25, 0.3) is 0 Å². The average molecular weight is 196 g/mol. The molecule has 2 nitrogen and oxygen atoms in total. The van der Waals surface area contributed by atoms with E-state index in [4.69, 9.17) is 16.3 Å². The summed E-state index contributed by atoms with van der Waals surface area (Å²) in [5.74, 6) is 0. The van der Waals surface area contributed by atoms with Gasteiger partial charge in [0.2, 0.25) is 0 Å². The van der Waals surface area contributed by atoms with Crippen LogP contribution in [0.15, 0.2) is 24.3 Å². The van der Waals surface area contributed by atoms with E-state index in [-0.39, 0.29) is 0 Å². The van der Waals surface area contributed by atoms with Gasteiger partial charge in [-0.3, -0.25) is 0 Å². The molecule has 2 aromatic rings. The number of methoxy groups -OCH3 is 1. The Morgan fingerprint density at radius 2 is 2.23 bits per heavy atom. The molecule has 0 atom stereocenters. The summed E-state index contributed by atoms with van der Waals surface area (Å²) in [6.45, 7) is 0.603. The van der Waals surface area contributed by atoms with Crippen molar-refractivity contribution in [3.63, 3.8) is 0 Å². The topological polar surface area (TPSA) is 25.0 Å². The van der Waals surface area contributed by atoms with Crippen LogP contribution in [0.3, 0.4) is 0 Å². The summed E-state index contributed by atoms with van der Waals surface area (Å²) in [6, 6.07) is 7.85. The molecule has 0 fully saturated rings. The van der Waals surface area contributed by atoms with E-state index < -0.39 is 0 Å². The summed E-state index contributed by atoms with van der Waals surface area (Å²) in [4.78, 5) is 3.23. The van der Waals surface area contributed by atoms with Crippen molar-refractivity contribution in [2.75, 3.05) is 7.11 Å². The standard InChI is InChI=1S/C10H10ClNO/c1-13-6-9-4-7-2-3-8(11)5-10(7)12-9/h2-5,12H,6H2,1H3. The van der Waals surface area contributed by atoms with Crippen molar-refractivity contribution in [1.29, 1.82) is 0 Å². The van der Waals surface area contributed by atoms with E-state index >= 15 is 0 Å². The molecule has 0 aliphatic rings. The third kappa shape index (κ3) is 1.69. The van der Waals surface area contributed by atoms with Gasteiger partial charge in [-0.25, -0.2) is 0 Å². The van der Waals surface area contributed by atoms with Gasteiger partial charge in [0, 0.05) is 23.3 Å². The molecule has 1 heterocycles. The van der Waals surface area contributed by atoms with Gasteiger partial charge in [-0.05, 0) is 23.6 Å². The quantitative estimate of drug-likeness (QED) is 0.783. The number of fused-ring (bicyclic) bond motifs is 1. The fraction of sp³-hybridized carbons (Fsp3) is 0.200. The van der Waals surface area contributed by atoms with Crippen LogP contribution in [0.5, 0.6) is 0 Å². The highest BCUT2D eigenvalue weighted by atomic mass is 35.5. The highest BCUT2D eigenvalue weighted by Gasteiger charge is 2.00. The first kappa shape index (κ1) is 8.60. The van der Waals surface area contributed by atoms with Crippen molar-refractivity contribution < 1.29 is 4.74 Å². The van der Waals surface area contributed by atoms with E-state index in [0.29, 0.717) is 6.61 Å². The largest absolute Gasteiger partial charge is 0.378 e. The highest BCUT2D eigenvalue weighted by Crippen LogP contribution is 2.19. The second-order valence-corrected chi connectivity index (χ2v) is 3.40. The Bertz CT molecular complexity index is 422. The van der Waals surface area contributed by atoms with Crippen molar-refractivity contribution in [2.45, 2.75) is 6.61 Å². The number of aromatic nitrogens is 1. The first-order valence-corrected chi connectivity index (χ1v) is 4.43. The Morgan fingerprint density at radius 3 is 3.00 bits per heavy atom. The summed E-state index contributed by atoms with van der Waals surface area (Å²) < 4.78 is 5.02. The van der Waals surface area contributed by atoms with E-state index in [2.05, 4.69) is 11.1 Å². The van der Waals surface area contributed by atoms with E-state index in [1.165, 1.54) is 0 Å². The molecule has 0 aliphatic heterocycles. The maximum Gasteiger partial charge on any atom is 0.0862 e. The average Bonchev–Trinajstić information content (AvgIpc) is 2.46. The van der Waals surface area contributed by atoms with Crippen molar-refractivity contribution >= 4 is 22.5 Å². The predicted molar refractivity (Wildman–Crippen MR) is 54.0 cm³/mol. The number of rotatable bonds is 2. The van der Waals surface area contributed by atoms with Gasteiger partial charge in [0.05, 0.1) is 6.61 Å². The van der Waals surface area contributed by atoms with Gasteiger partial charge >= 0.3 is 0 Å². The molecule has 0 saturated carbocycles. The smallest absolute Gasteiger partial charge is 0.0862 e. The van der Waals surface area contributed by atoms with Crippen LogP contribution in [-0.4, -0.2) is 12.1 Å². The van der Waals surface area contributed by atoms with Crippen molar-refractivity contribution in [3.05, 3.63) is 35.0 Å². The van der Waals surface area contributed by atoms with Crippen molar-refractivity contribution in [1.82, 2.24) is 4.98 Å². The molecule has 68 valence electrons. The van der Waals surface area contributed by atoms with Crippen LogP contribution in [0, 0.1) is 0 Å².